The van der Waals surface area contributed by atoms with Crippen LogP contribution in [0.4, 0.5) is 19.3 Å². The summed E-state index contributed by atoms with van der Waals surface area (Å²) in [6.45, 7) is -2.93. The highest BCUT2D eigenvalue weighted by Crippen LogP contribution is 2.42. The highest BCUT2D eigenvalue weighted by Gasteiger charge is 2.45. The summed E-state index contributed by atoms with van der Waals surface area (Å²) in [7, 11) is 0. The minimum Gasteiger partial charge on any atom is -0.435 e. The predicted octanol–water partition coefficient (Wildman–Crippen LogP) is 5.50. The van der Waals surface area contributed by atoms with E-state index in [0.29, 0.717) is 35.5 Å². The number of alkyl halides is 2. The van der Waals surface area contributed by atoms with Crippen LogP contribution in [0.3, 0.4) is 0 Å². The van der Waals surface area contributed by atoms with Crippen molar-refractivity contribution >= 4 is 40.0 Å². The van der Waals surface area contributed by atoms with Crippen LogP contribution < -0.4 is 15.0 Å². The molecule has 2 fully saturated rings. The maximum atomic E-state index is 13.4. The Labute approximate surface area is 193 Å². The Morgan fingerprint density at radius 2 is 1.94 bits per heavy atom. The van der Waals surface area contributed by atoms with Crippen LogP contribution >= 0.6 is 11.6 Å². The molecule has 1 saturated heterocycles. The molecule has 1 saturated carbocycles. The standard InChI is InChI=1S/C24H20ClF2N3O3/c25-19-8-6-15(33-23(26)27)10-18(19)13-5-7-17-20(9-13)29-24(32)30(22(17)31)21-12-28-11-14-3-1-2-4-16(14)21/h1-4,6,8,10-13,17,20,23H,5,7,9H2,(H,29,32). The molecule has 170 valence electrons. The van der Waals surface area contributed by atoms with E-state index >= 15 is 0 Å². The topological polar surface area (TPSA) is 71.5 Å². The zero-order valence-corrected chi connectivity index (χ0v) is 18.1. The Kier molecular flexibility index (Phi) is 5.62. The molecule has 5 rings (SSSR count). The van der Waals surface area contributed by atoms with Gasteiger partial charge in [-0.05, 0) is 48.9 Å². The van der Waals surface area contributed by atoms with E-state index in [4.69, 9.17) is 11.6 Å². The Balaban J connectivity index is 1.40. The summed E-state index contributed by atoms with van der Waals surface area (Å²) in [4.78, 5) is 31.8. The van der Waals surface area contributed by atoms with Gasteiger partial charge in [-0.3, -0.25) is 9.78 Å². The molecule has 33 heavy (non-hydrogen) atoms. The lowest BCUT2D eigenvalue weighted by Crippen LogP contribution is -2.61. The monoisotopic (exact) mass is 471 g/mol. The predicted molar refractivity (Wildman–Crippen MR) is 120 cm³/mol. The van der Waals surface area contributed by atoms with Gasteiger partial charge in [-0.25, -0.2) is 9.69 Å². The Bertz CT molecular complexity index is 1230. The molecule has 1 aromatic heterocycles. The van der Waals surface area contributed by atoms with Crippen molar-refractivity contribution in [1.29, 1.82) is 0 Å². The smallest absolute Gasteiger partial charge is 0.387 e. The van der Waals surface area contributed by atoms with E-state index in [9.17, 15) is 18.4 Å². The Morgan fingerprint density at radius 3 is 2.76 bits per heavy atom. The fourth-order valence-electron chi connectivity index (χ4n) is 4.91. The van der Waals surface area contributed by atoms with Crippen LogP contribution in [0.2, 0.25) is 5.02 Å². The summed E-state index contributed by atoms with van der Waals surface area (Å²) in [6, 6.07) is 11.0. The maximum absolute atomic E-state index is 13.4. The van der Waals surface area contributed by atoms with Crippen LogP contribution in [0.1, 0.15) is 30.7 Å². The zero-order valence-electron chi connectivity index (χ0n) is 17.4. The summed E-state index contributed by atoms with van der Waals surface area (Å²) in [5.74, 6) is -0.720. The van der Waals surface area contributed by atoms with E-state index in [1.54, 1.807) is 6.20 Å². The van der Waals surface area contributed by atoms with E-state index in [1.807, 2.05) is 24.3 Å². The van der Waals surface area contributed by atoms with Crippen LogP contribution in [-0.4, -0.2) is 29.6 Å². The third-order valence-corrected chi connectivity index (χ3v) is 6.76. The molecule has 2 aliphatic rings. The second-order valence-electron chi connectivity index (χ2n) is 8.29. The molecule has 3 amide bonds. The van der Waals surface area contributed by atoms with Gasteiger partial charge in [0.1, 0.15) is 5.75 Å². The van der Waals surface area contributed by atoms with Crippen molar-refractivity contribution in [3.05, 3.63) is 65.4 Å². The van der Waals surface area contributed by atoms with Gasteiger partial charge in [0.2, 0.25) is 5.91 Å². The van der Waals surface area contributed by atoms with Crippen LogP contribution in [0, 0.1) is 5.92 Å². The van der Waals surface area contributed by atoms with Crippen molar-refractivity contribution in [1.82, 2.24) is 10.3 Å². The van der Waals surface area contributed by atoms with Gasteiger partial charge < -0.3 is 10.1 Å². The maximum Gasteiger partial charge on any atom is 0.387 e. The number of carbonyl (C=O) groups is 2. The molecule has 3 aromatic rings. The van der Waals surface area contributed by atoms with Crippen LogP contribution in [-0.2, 0) is 4.79 Å². The van der Waals surface area contributed by atoms with Crippen molar-refractivity contribution < 1.29 is 23.1 Å². The lowest BCUT2D eigenvalue weighted by molar-refractivity contribution is -0.124. The first-order valence-electron chi connectivity index (χ1n) is 10.6. The summed E-state index contributed by atoms with van der Waals surface area (Å²) in [5.41, 5.74) is 1.13. The number of imide groups is 1. The summed E-state index contributed by atoms with van der Waals surface area (Å²) < 4.78 is 29.8. The number of pyridine rings is 1. The van der Waals surface area contributed by atoms with Gasteiger partial charge in [0, 0.05) is 28.0 Å². The van der Waals surface area contributed by atoms with Gasteiger partial charge in [-0.2, -0.15) is 8.78 Å². The van der Waals surface area contributed by atoms with Gasteiger partial charge in [0.15, 0.2) is 0 Å². The number of fused-ring (bicyclic) bond motifs is 2. The molecular weight excluding hydrogens is 452 g/mol. The van der Waals surface area contributed by atoms with E-state index < -0.39 is 18.6 Å². The number of urea groups is 1. The van der Waals surface area contributed by atoms with Crippen LogP contribution in [0.25, 0.3) is 10.8 Å². The van der Waals surface area contributed by atoms with Crippen LogP contribution in [0.5, 0.6) is 5.75 Å². The number of carbonyl (C=O) groups excluding carboxylic acids is 2. The number of amides is 3. The quantitative estimate of drug-likeness (QED) is 0.545. The van der Waals surface area contributed by atoms with Crippen molar-refractivity contribution in [3.8, 4) is 5.75 Å². The first kappa shape index (κ1) is 21.6. The lowest BCUT2D eigenvalue weighted by atomic mass is 9.74. The number of hydrogen-bond donors (Lipinski definition) is 1. The number of benzene rings is 2. The van der Waals surface area contributed by atoms with Gasteiger partial charge in [0.05, 0.1) is 17.8 Å². The number of hydrogen-bond acceptors (Lipinski definition) is 4. The lowest BCUT2D eigenvalue weighted by Gasteiger charge is -2.42. The number of anilines is 1. The molecular formula is C24H20ClF2N3O3. The molecule has 6 nitrogen and oxygen atoms in total. The van der Waals surface area contributed by atoms with Crippen molar-refractivity contribution in [2.75, 3.05) is 4.90 Å². The fourth-order valence-corrected chi connectivity index (χ4v) is 5.19. The number of ether oxygens (including phenoxy) is 1. The van der Waals surface area contributed by atoms with E-state index in [1.165, 1.54) is 29.3 Å². The molecule has 2 aromatic carbocycles. The third-order valence-electron chi connectivity index (χ3n) is 6.42. The normalized spacial score (nSPS) is 22.9. The van der Waals surface area contributed by atoms with Gasteiger partial charge in [-0.15, -0.1) is 0 Å². The van der Waals surface area contributed by atoms with Gasteiger partial charge in [-0.1, -0.05) is 35.9 Å². The zero-order chi connectivity index (χ0) is 23.1. The van der Waals surface area contributed by atoms with Crippen molar-refractivity contribution in [2.24, 2.45) is 5.92 Å². The minimum atomic E-state index is -2.93. The van der Waals surface area contributed by atoms with Crippen molar-refractivity contribution in [3.63, 3.8) is 0 Å². The Morgan fingerprint density at radius 1 is 1.12 bits per heavy atom. The molecule has 3 unspecified atom stereocenters. The van der Waals surface area contributed by atoms with E-state index in [2.05, 4.69) is 15.0 Å². The summed E-state index contributed by atoms with van der Waals surface area (Å²) >= 11 is 6.34. The van der Waals surface area contributed by atoms with E-state index in [0.717, 1.165) is 10.8 Å². The van der Waals surface area contributed by atoms with E-state index in [-0.39, 0.29) is 23.6 Å². The third kappa shape index (κ3) is 3.99. The molecule has 0 radical (unpaired) electrons. The summed E-state index contributed by atoms with van der Waals surface area (Å²) in [6.07, 6.45) is 4.85. The first-order chi connectivity index (χ1) is 15.9. The SMILES string of the molecule is O=C1NC2CC(c3cc(OC(F)F)ccc3Cl)CCC2C(=O)N1c1cncc2ccccc12. The molecule has 0 spiro atoms. The molecule has 3 atom stereocenters. The second kappa shape index (κ2) is 8.59. The highest BCUT2D eigenvalue weighted by atomic mass is 35.5. The van der Waals surface area contributed by atoms with Crippen LogP contribution in [0.15, 0.2) is 54.9 Å². The number of nitrogens with one attached hydrogen (secondary N) is 1. The average molecular weight is 472 g/mol. The molecule has 1 aliphatic heterocycles. The number of nitrogens with zero attached hydrogens (tertiary/aromatic N) is 2. The number of rotatable bonds is 4. The number of aromatic nitrogens is 1. The average Bonchev–Trinajstić information content (AvgIpc) is 2.80. The minimum absolute atomic E-state index is 0.0323. The molecule has 9 heteroatoms. The fraction of sp³-hybridized carbons (Fsp3) is 0.292. The van der Waals surface area contributed by atoms with Crippen molar-refractivity contribution in [2.45, 2.75) is 37.8 Å². The first-order valence-corrected chi connectivity index (χ1v) is 11.0. The Hall–Kier alpha value is -3.26. The summed E-state index contributed by atoms with van der Waals surface area (Å²) in [5, 5.41) is 5.02. The molecule has 0 bridgehead atoms. The molecule has 1 N–H and O–H groups in total. The largest absolute Gasteiger partial charge is 0.435 e. The van der Waals surface area contributed by atoms with Gasteiger partial charge in [0.25, 0.3) is 0 Å². The van der Waals surface area contributed by atoms with Gasteiger partial charge >= 0.3 is 12.6 Å². The second-order valence-corrected chi connectivity index (χ2v) is 8.69. The highest BCUT2D eigenvalue weighted by molar-refractivity contribution is 6.31. The molecule has 1 aliphatic carbocycles. The number of halogens is 3. The molecule has 2 heterocycles.